The Bertz CT molecular complexity index is 1230. The van der Waals surface area contributed by atoms with Gasteiger partial charge in [0.25, 0.3) is 0 Å². The fourth-order valence-corrected chi connectivity index (χ4v) is 7.90. The second kappa shape index (κ2) is 7.77. The number of benzene rings is 2. The SMILES string of the molecule is CN1C2CC(N(C(=O)CS(=O)(=O)c3ccc(F)cc3)C(c3ccc(Cl)cc3)C3CC3)CC3CC321. The summed E-state index contributed by atoms with van der Waals surface area (Å²) < 4.78 is 39.6. The number of carbonyl (C=O) groups excluding carboxylic acids is 1. The van der Waals surface area contributed by atoms with E-state index in [1.165, 1.54) is 18.6 Å². The molecule has 0 aromatic heterocycles. The highest BCUT2D eigenvalue weighted by Gasteiger charge is 2.77. The molecule has 1 aliphatic heterocycles. The van der Waals surface area contributed by atoms with Gasteiger partial charge in [-0.25, -0.2) is 12.8 Å². The van der Waals surface area contributed by atoms with E-state index >= 15 is 0 Å². The molecular formula is C26H28ClFN2O3S. The number of likely N-dealkylation sites (tertiary alicyclic amines) is 1. The highest BCUT2D eigenvalue weighted by Crippen LogP contribution is 2.69. The molecule has 6 atom stereocenters. The van der Waals surface area contributed by atoms with Crippen LogP contribution in [0.15, 0.2) is 53.4 Å². The van der Waals surface area contributed by atoms with Crippen molar-refractivity contribution in [3.05, 3.63) is 64.9 Å². The predicted molar refractivity (Wildman–Crippen MR) is 128 cm³/mol. The molecule has 34 heavy (non-hydrogen) atoms. The average Bonchev–Trinajstić information content (AvgIpc) is 3.70. The maximum Gasteiger partial charge on any atom is 0.238 e. The first kappa shape index (κ1) is 22.5. The Kier molecular flexibility index (Phi) is 5.14. The summed E-state index contributed by atoms with van der Waals surface area (Å²) in [6, 6.07) is 12.6. The Hall–Kier alpha value is -1.96. The van der Waals surface area contributed by atoms with E-state index in [0.717, 1.165) is 43.4 Å². The first-order valence-corrected chi connectivity index (χ1v) is 14.0. The second-order valence-corrected chi connectivity index (χ2v) is 12.9. The van der Waals surface area contributed by atoms with E-state index in [2.05, 4.69) is 11.9 Å². The average molecular weight is 503 g/mol. The van der Waals surface area contributed by atoms with Gasteiger partial charge in [-0.2, -0.15) is 0 Å². The fraction of sp³-hybridized carbons (Fsp3) is 0.500. The van der Waals surface area contributed by atoms with E-state index < -0.39 is 21.4 Å². The molecule has 6 rings (SSSR count). The summed E-state index contributed by atoms with van der Waals surface area (Å²) in [7, 11) is -1.73. The van der Waals surface area contributed by atoms with Crippen molar-refractivity contribution in [2.24, 2.45) is 11.8 Å². The van der Waals surface area contributed by atoms with Crippen molar-refractivity contribution < 1.29 is 17.6 Å². The molecule has 4 aliphatic rings. The number of amides is 1. The zero-order valence-electron chi connectivity index (χ0n) is 19.0. The van der Waals surface area contributed by atoms with Crippen LogP contribution in [-0.4, -0.2) is 54.5 Å². The minimum Gasteiger partial charge on any atom is -0.331 e. The van der Waals surface area contributed by atoms with E-state index in [4.69, 9.17) is 11.6 Å². The molecule has 8 heteroatoms. The third kappa shape index (κ3) is 3.67. The van der Waals surface area contributed by atoms with Crippen molar-refractivity contribution in [1.82, 2.24) is 9.80 Å². The number of sulfone groups is 1. The van der Waals surface area contributed by atoms with Gasteiger partial charge in [0.05, 0.1) is 10.9 Å². The minimum atomic E-state index is -3.90. The smallest absolute Gasteiger partial charge is 0.238 e. The van der Waals surface area contributed by atoms with Gasteiger partial charge in [-0.3, -0.25) is 9.69 Å². The summed E-state index contributed by atoms with van der Waals surface area (Å²) in [5.41, 5.74) is 1.36. The molecule has 3 saturated carbocycles. The summed E-state index contributed by atoms with van der Waals surface area (Å²) in [6.07, 6.45) is 5.01. The van der Waals surface area contributed by atoms with Crippen molar-refractivity contribution in [3.63, 3.8) is 0 Å². The Morgan fingerprint density at radius 1 is 1.15 bits per heavy atom. The summed E-state index contributed by atoms with van der Waals surface area (Å²) in [6.45, 7) is 0. The van der Waals surface area contributed by atoms with Crippen LogP contribution in [0.25, 0.3) is 0 Å². The number of hydrogen-bond acceptors (Lipinski definition) is 4. The van der Waals surface area contributed by atoms with Crippen molar-refractivity contribution in [1.29, 1.82) is 0 Å². The van der Waals surface area contributed by atoms with Crippen molar-refractivity contribution in [2.45, 2.75) is 60.7 Å². The molecule has 2 aromatic carbocycles. The van der Waals surface area contributed by atoms with E-state index in [-0.39, 0.29) is 22.9 Å². The zero-order chi connectivity index (χ0) is 23.8. The van der Waals surface area contributed by atoms with Gasteiger partial charge in [0.15, 0.2) is 9.84 Å². The van der Waals surface area contributed by atoms with Crippen LogP contribution in [0.5, 0.6) is 0 Å². The molecular weight excluding hydrogens is 475 g/mol. The molecule has 1 heterocycles. The van der Waals surface area contributed by atoms with Crippen LogP contribution in [0.1, 0.15) is 43.7 Å². The van der Waals surface area contributed by atoms with Crippen LogP contribution in [0.3, 0.4) is 0 Å². The first-order chi connectivity index (χ1) is 16.2. The lowest BCUT2D eigenvalue weighted by Gasteiger charge is -2.40. The maximum absolute atomic E-state index is 13.9. The predicted octanol–water partition coefficient (Wildman–Crippen LogP) is 4.47. The normalized spacial score (nSPS) is 32.3. The molecule has 1 amide bonds. The van der Waals surface area contributed by atoms with E-state index in [1.54, 1.807) is 0 Å². The number of likely N-dealkylation sites (N-methyl/N-ethyl adjacent to an activating group) is 1. The van der Waals surface area contributed by atoms with Crippen molar-refractivity contribution in [2.75, 3.05) is 12.8 Å². The number of hydrogen-bond donors (Lipinski definition) is 0. The molecule has 1 spiro atoms. The van der Waals surface area contributed by atoms with Crippen molar-refractivity contribution in [3.8, 4) is 0 Å². The van der Waals surface area contributed by atoms with Gasteiger partial charge in [-0.05, 0) is 92.9 Å². The van der Waals surface area contributed by atoms with Crippen LogP contribution in [0, 0.1) is 17.7 Å². The van der Waals surface area contributed by atoms with Gasteiger partial charge in [-0.1, -0.05) is 23.7 Å². The largest absolute Gasteiger partial charge is 0.331 e. The summed E-state index contributed by atoms with van der Waals surface area (Å²) in [4.78, 5) is 18.2. The van der Waals surface area contributed by atoms with E-state index in [1.807, 2.05) is 29.2 Å². The molecule has 0 bridgehead atoms. The molecule has 5 nitrogen and oxygen atoms in total. The number of carbonyl (C=O) groups is 1. The van der Waals surface area contributed by atoms with Crippen molar-refractivity contribution >= 4 is 27.3 Å². The van der Waals surface area contributed by atoms with Gasteiger partial charge in [0.1, 0.15) is 11.6 Å². The second-order valence-electron chi connectivity index (χ2n) is 10.5. The highest BCUT2D eigenvalue weighted by atomic mass is 35.5. The lowest BCUT2D eigenvalue weighted by atomic mass is 9.90. The van der Waals surface area contributed by atoms with Crippen LogP contribution >= 0.6 is 11.6 Å². The molecule has 4 fully saturated rings. The number of halogens is 2. The van der Waals surface area contributed by atoms with Crippen LogP contribution in [0.2, 0.25) is 5.02 Å². The highest BCUT2D eigenvalue weighted by molar-refractivity contribution is 7.92. The Balaban J connectivity index is 1.34. The standard InChI is InChI=1S/C26H28ClFN2O3S/c1-29-23-13-21(12-18-14-26(18,23)29)30(25(16-2-3-16)17-4-6-19(27)7-5-17)24(31)15-34(32,33)22-10-8-20(28)9-11-22/h4-11,16,18,21,23,25H,2-3,12-15H2,1H3. The number of rotatable bonds is 7. The van der Waals surface area contributed by atoms with Gasteiger partial charge in [-0.15, -0.1) is 0 Å². The molecule has 0 N–H and O–H groups in total. The van der Waals surface area contributed by atoms with Gasteiger partial charge < -0.3 is 4.90 Å². The topological polar surface area (TPSA) is 57.5 Å². The molecule has 2 aromatic rings. The minimum absolute atomic E-state index is 0.00720. The fourth-order valence-electron chi connectivity index (χ4n) is 6.58. The van der Waals surface area contributed by atoms with E-state index in [0.29, 0.717) is 28.4 Å². The Morgan fingerprint density at radius 3 is 2.44 bits per heavy atom. The van der Waals surface area contributed by atoms with E-state index in [9.17, 15) is 17.6 Å². The third-order valence-corrected chi connectivity index (χ3v) is 10.4. The summed E-state index contributed by atoms with van der Waals surface area (Å²) in [5, 5.41) is 0.634. The summed E-state index contributed by atoms with van der Waals surface area (Å²) in [5.74, 6) is -0.580. The molecule has 0 radical (unpaired) electrons. The molecule has 6 unspecified atom stereocenters. The lowest BCUT2D eigenvalue weighted by Crippen LogP contribution is -2.48. The molecule has 180 valence electrons. The number of nitrogens with zero attached hydrogens (tertiary/aromatic N) is 2. The van der Waals surface area contributed by atoms with Crippen LogP contribution < -0.4 is 0 Å². The zero-order valence-corrected chi connectivity index (χ0v) is 20.6. The summed E-state index contributed by atoms with van der Waals surface area (Å²) >= 11 is 6.14. The van der Waals surface area contributed by atoms with Gasteiger partial charge >= 0.3 is 0 Å². The van der Waals surface area contributed by atoms with Crippen LogP contribution in [-0.2, 0) is 14.6 Å². The first-order valence-electron chi connectivity index (χ1n) is 12.0. The van der Waals surface area contributed by atoms with Gasteiger partial charge in [0.2, 0.25) is 5.91 Å². The Labute approximate surface area is 204 Å². The monoisotopic (exact) mass is 502 g/mol. The molecule has 3 aliphatic carbocycles. The van der Waals surface area contributed by atoms with Crippen LogP contribution in [0.4, 0.5) is 4.39 Å². The lowest BCUT2D eigenvalue weighted by molar-refractivity contribution is -0.135. The Morgan fingerprint density at radius 2 is 1.82 bits per heavy atom. The third-order valence-electron chi connectivity index (χ3n) is 8.55. The maximum atomic E-state index is 13.9. The van der Waals surface area contributed by atoms with Gasteiger partial charge in [0, 0.05) is 22.6 Å². The molecule has 1 saturated heterocycles. The quantitative estimate of drug-likeness (QED) is 0.414.